The van der Waals surface area contributed by atoms with Crippen LogP contribution in [0.15, 0.2) is 0 Å². The summed E-state index contributed by atoms with van der Waals surface area (Å²) in [5.74, 6) is 0. The lowest BCUT2D eigenvalue weighted by Crippen LogP contribution is -2.43. The molecule has 0 aromatic rings. The van der Waals surface area contributed by atoms with Gasteiger partial charge in [0.25, 0.3) is 0 Å². The molecule has 0 aliphatic carbocycles. The SMILES string of the molecule is CCC(CNC)NC(=O)OC(C)(C)C. The van der Waals surface area contributed by atoms with E-state index in [0.29, 0.717) is 0 Å². The third-order valence-corrected chi connectivity index (χ3v) is 1.66. The van der Waals surface area contributed by atoms with Gasteiger partial charge in [-0.25, -0.2) is 4.79 Å². The molecule has 4 heteroatoms. The van der Waals surface area contributed by atoms with Crippen molar-refractivity contribution in [1.82, 2.24) is 10.6 Å². The summed E-state index contributed by atoms with van der Waals surface area (Å²) in [6, 6.07) is 0.134. The predicted octanol–water partition coefficient (Wildman–Crippen LogP) is 1.51. The molecule has 0 aliphatic heterocycles. The zero-order valence-electron chi connectivity index (χ0n) is 9.81. The number of alkyl carbamates (subject to hydrolysis) is 1. The van der Waals surface area contributed by atoms with Crippen molar-refractivity contribution in [1.29, 1.82) is 0 Å². The van der Waals surface area contributed by atoms with Crippen LogP contribution in [0.3, 0.4) is 0 Å². The predicted molar refractivity (Wildman–Crippen MR) is 57.4 cm³/mol. The Morgan fingerprint density at radius 2 is 2.00 bits per heavy atom. The van der Waals surface area contributed by atoms with Crippen molar-refractivity contribution < 1.29 is 9.53 Å². The second-order valence-electron chi connectivity index (χ2n) is 4.31. The van der Waals surface area contributed by atoms with Gasteiger partial charge in [-0.1, -0.05) is 6.92 Å². The second-order valence-corrected chi connectivity index (χ2v) is 4.31. The number of rotatable bonds is 4. The molecule has 0 fully saturated rings. The molecule has 0 saturated heterocycles. The average molecular weight is 202 g/mol. The summed E-state index contributed by atoms with van der Waals surface area (Å²) in [4.78, 5) is 11.3. The number of nitrogens with one attached hydrogen (secondary N) is 2. The van der Waals surface area contributed by atoms with Crippen molar-refractivity contribution >= 4 is 6.09 Å². The van der Waals surface area contributed by atoms with Gasteiger partial charge < -0.3 is 15.4 Å². The molecule has 1 atom stereocenters. The third-order valence-electron chi connectivity index (χ3n) is 1.66. The molecule has 1 unspecified atom stereocenters. The van der Waals surface area contributed by atoms with E-state index in [1.165, 1.54) is 0 Å². The quantitative estimate of drug-likeness (QED) is 0.726. The Labute approximate surface area is 86.4 Å². The van der Waals surface area contributed by atoms with Gasteiger partial charge in [0.2, 0.25) is 0 Å². The smallest absolute Gasteiger partial charge is 0.407 e. The van der Waals surface area contributed by atoms with E-state index in [0.717, 1.165) is 13.0 Å². The van der Waals surface area contributed by atoms with Gasteiger partial charge >= 0.3 is 6.09 Å². The van der Waals surface area contributed by atoms with Crippen molar-refractivity contribution in [2.45, 2.75) is 45.8 Å². The minimum absolute atomic E-state index is 0.134. The number of hydrogen-bond donors (Lipinski definition) is 2. The van der Waals surface area contributed by atoms with Crippen molar-refractivity contribution in [2.75, 3.05) is 13.6 Å². The van der Waals surface area contributed by atoms with Crippen LogP contribution >= 0.6 is 0 Å². The highest BCUT2D eigenvalue weighted by Crippen LogP contribution is 2.06. The van der Waals surface area contributed by atoms with Gasteiger partial charge in [-0.15, -0.1) is 0 Å². The fourth-order valence-electron chi connectivity index (χ4n) is 1.02. The molecule has 0 heterocycles. The maximum atomic E-state index is 11.3. The minimum Gasteiger partial charge on any atom is -0.444 e. The monoisotopic (exact) mass is 202 g/mol. The lowest BCUT2D eigenvalue weighted by Gasteiger charge is -2.22. The van der Waals surface area contributed by atoms with Crippen LogP contribution in [-0.2, 0) is 4.74 Å². The fraction of sp³-hybridized carbons (Fsp3) is 0.900. The van der Waals surface area contributed by atoms with Crippen LogP contribution < -0.4 is 10.6 Å². The van der Waals surface area contributed by atoms with Gasteiger partial charge in [0, 0.05) is 12.6 Å². The highest BCUT2D eigenvalue weighted by molar-refractivity contribution is 5.68. The van der Waals surface area contributed by atoms with Crippen molar-refractivity contribution in [2.24, 2.45) is 0 Å². The molecular weight excluding hydrogens is 180 g/mol. The zero-order valence-corrected chi connectivity index (χ0v) is 9.81. The van der Waals surface area contributed by atoms with Crippen LogP contribution in [0.5, 0.6) is 0 Å². The zero-order chi connectivity index (χ0) is 11.2. The standard InChI is InChI=1S/C10H22N2O2/c1-6-8(7-11-5)12-9(13)14-10(2,3)4/h8,11H,6-7H2,1-5H3,(H,12,13). The molecular formula is C10H22N2O2. The first-order valence-corrected chi connectivity index (χ1v) is 5.03. The molecule has 0 rings (SSSR count). The number of likely N-dealkylation sites (N-methyl/N-ethyl adjacent to an activating group) is 1. The highest BCUT2D eigenvalue weighted by atomic mass is 16.6. The number of carbonyl (C=O) groups excluding carboxylic acids is 1. The van der Waals surface area contributed by atoms with Gasteiger partial charge in [-0.3, -0.25) is 0 Å². The topological polar surface area (TPSA) is 50.4 Å². The maximum Gasteiger partial charge on any atom is 0.407 e. The fourth-order valence-corrected chi connectivity index (χ4v) is 1.02. The Hall–Kier alpha value is -0.770. The van der Waals surface area contributed by atoms with E-state index in [1.807, 2.05) is 34.7 Å². The Kier molecular flexibility index (Phi) is 5.53. The number of amides is 1. The summed E-state index contributed by atoms with van der Waals surface area (Å²) in [6.07, 6.45) is 0.541. The van der Waals surface area contributed by atoms with Gasteiger partial charge in [-0.2, -0.15) is 0 Å². The number of ether oxygens (including phenoxy) is 1. The molecule has 1 amide bonds. The normalized spacial score (nSPS) is 13.5. The Bertz CT molecular complexity index is 175. The van der Waals surface area contributed by atoms with E-state index in [2.05, 4.69) is 10.6 Å². The summed E-state index contributed by atoms with van der Waals surface area (Å²) >= 11 is 0. The molecule has 0 saturated carbocycles. The van der Waals surface area contributed by atoms with E-state index in [4.69, 9.17) is 4.74 Å². The minimum atomic E-state index is -0.429. The van der Waals surface area contributed by atoms with Gasteiger partial charge in [0.15, 0.2) is 0 Å². The van der Waals surface area contributed by atoms with Crippen LogP contribution in [0.2, 0.25) is 0 Å². The Morgan fingerprint density at radius 3 is 2.36 bits per heavy atom. The molecule has 0 aromatic heterocycles. The molecule has 0 radical (unpaired) electrons. The molecule has 84 valence electrons. The van der Waals surface area contributed by atoms with Gasteiger partial charge in [-0.05, 0) is 34.2 Å². The molecule has 0 aromatic carbocycles. The Morgan fingerprint density at radius 1 is 1.43 bits per heavy atom. The molecule has 0 spiro atoms. The summed E-state index contributed by atoms with van der Waals surface area (Å²) in [7, 11) is 1.86. The van der Waals surface area contributed by atoms with Crippen LogP contribution in [0, 0.1) is 0 Å². The summed E-state index contributed by atoms with van der Waals surface area (Å²) < 4.78 is 5.14. The maximum absolute atomic E-state index is 11.3. The third kappa shape index (κ3) is 6.71. The first kappa shape index (κ1) is 13.2. The average Bonchev–Trinajstić information content (AvgIpc) is 2.00. The Balaban J connectivity index is 3.91. The van der Waals surface area contributed by atoms with E-state index >= 15 is 0 Å². The van der Waals surface area contributed by atoms with Crippen molar-refractivity contribution in [3.63, 3.8) is 0 Å². The second kappa shape index (κ2) is 5.86. The number of hydrogen-bond acceptors (Lipinski definition) is 3. The summed E-state index contributed by atoms with van der Waals surface area (Å²) in [5, 5.41) is 5.82. The first-order chi connectivity index (χ1) is 6.39. The highest BCUT2D eigenvalue weighted by Gasteiger charge is 2.18. The van der Waals surface area contributed by atoms with Crippen LogP contribution in [0.4, 0.5) is 4.79 Å². The van der Waals surface area contributed by atoms with Crippen LogP contribution in [0.25, 0.3) is 0 Å². The van der Waals surface area contributed by atoms with Gasteiger partial charge in [0.05, 0.1) is 0 Å². The van der Waals surface area contributed by atoms with E-state index in [1.54, 1.807) is 0 Å². The van der Waals surface area contributed by atoms with Crippen molar-refractivity contribution in [3.8, 4) is 0 Å². The molecule has 0 aliphatic rings. The first-order valence-electron chi connectivity index (χ1n) is 5.03. The largest absolute Gasteiger partial charge is 0.444 e. The molecule has 0 bridgehead atoms. The molecule has 4 nitrogen and oxygen atoms in total. The van der Waals surface area contributed by atoms with Crippen LogP contribution in [0.1, 0.15) is 34.1 Å². The van der Waals surface area contributed by atoms with Crippen molar-refractivity contribution in [3.05, 3.63) is 0 Å². The van der Waals surface area contributed by atoms with Crippen LogP contribution in [-0.4, -0.2) is 31.3 Å². The molecule has 2 N–H and O–H groups in total. The lowest BCUT2D eigenvalue weighted by atomic mass is 10.2. The summed E-state index contributed by atoms with van der Waals surface area (Å²) in [6.45, 7) is 8.35. The van der Waals surface area contributed by atoms with E-state index < -0.39 is 5.60 Å². The summed E-state index contributed by atoms with van der Waals surface area (Å²) in [5.41, 5.74) is -0.429. The van der Waals surface area contributed by atoms with E-state index in [-0.39, 0.29) is 12.1 Å². The van der Waals surface area contributed by atoms with E-state index in [9.17, 15) is 4.79 Å². The molecule has 14 heavy (non-hydrogen) atoms. The number of carbonyl (C=O) groups is 1. The van der Waals surface area contributed by atoms with Gasteiger partial charge in [0.1, 0.15) is 5.60 Å². The lowest BCUT2D eigenvalue weighted by molar-refractivity contribution is 0.0503.